The summed E-state index contributed by atoms with van der Waals surface area (Å²) in [5.41, 5.74) is 2.99. The van der Waals surface area contributed by atoms with E-state index in [1.165, 1.54) is 17.6 Å². The Labute approximate surface area is 180 Å². The molecule has 0 atom stereocenters. The van der Waals surface area contributed by atoms with Crippen molar-refractivity contribution in [2.75, 3.05) is 33.1 Å². The van der Waals surface area contributed by atoms with Crippen LogP contribution in [0.15, 0.2) is 40.8 Å². The number of ether oxygens (including phenoxy) is 2. The number of amides is 2. The molecular weight excluding hydrogens is 396 g/mol. The van der Waals surface area contributed by atoms with Gasteiger partial charge in [0.2, 0.25) is 0 Å². The normalized spacial score (nSPS) is 12.9. The van der Waals surface area contributed by atoms with Crippen molar-refractivity contribution in [2.24, 2.45) is 0 Å². The lowest BCUT2D eigenvalue weighted by atomic mass is 9.96. The molecule has 1 heterocycles. The van der Waals surface area contributed by atoms with Crippen molar-refractivity contribution in [3.05, 3.63) is 53.3 Å². The Kier molecular flexibility index (Phi) is 5.84. The molecule has 1 aromatic heterocycles. The fraction of sp³-hybridized carbons (Fsp3) is 0.333. The molecule has 3 aromatic rings. The number of carbonyl (C=O) groups excluding carboxylic acids is 2. The first-order valence-corrected chi connectivity index (χ1v) is 10.3. The van der Waals surface area contributed by atoms with Crippen LogP contribution < -0.4 is 14.8 Å². The van der Waals surface area contributed by atoms with E-state index in [4.69, 9.17) is 13.9 Å². The van der Waals surface area contributed by atoms with Gasteiger partial charge in [0.25, 0.3) is 11.8 Å². The van der Waals surface area contributed by atoms with Gasteiger partial charge >= 0.3 is 0 Å². The number of hydrogen-bond acceptors (Lipinski definition) is 5. The molecule has 31 heavy (non-hydrogen) atoms. The van der Waals surface area contributed by atoms with E-state index in [0.717, 1.165) is 42.4 Å². The van der Waals surface area contributed by atoms with Crippen LogP contribution in [0.3, 0.4) is 0 Å². The van der Waals surface area contributed by atoms with Crippen LogP contribution in [0, 0.1) is 0 Å². The molecule has 2 amide bonds. The molecule has 7 nitrogen and oxygen atoms in total. The van der Waals surface area contributed by atoms with Crippen molar-refractivity contribution < 1.29 is 23.5 Å². The number of methoxy groups -OCH3 is 1. The first-order chi connectivity index (χ1) is 15.0. The summed E-state index contributed by atoms with van der Waals surface area (Å²) in [7, 11) is 4.86. The summed E-state index contributed by atoms with van der Waals surface area (Å²) < 4.78 is 17.0. The molecule has 7 heteroatoms. The third-order valence-corrected chi connectivity index (χ3v) is 5.42. The van der Waals surface area contributed by atoms with Crippen LogP contribution in [0.4, 0.5) is 5.69 Å². The molecule has 0 bridgehead atoms. The van der Waals surface area contributed by atoms with Crippen molar-refractivity contribution in [2.45, 2.75) is 25.7 Å². The maximum atomic E-state index is 12.5. The second-order valence-electron chi connectivity index (χ2n) is 7.82. The van der Waals surface area contributed by atoms with Crippen molar-refractivity contribution in [1.82, 2.24) is 4.90 Å². The summed E-state index contributed by atoms with van der Waals surface area (Å²) in [4.78, 5) is 26.2. The summed E-state index contributed by atoms with van der Waals surface area (Å²) in [5, 5.41) is 3.83. The largest absolute Gasteiger partial charge is 0.495 e. The highest BCUT2D eigenvalue weighted by Gasteiger charge is 2.18. The minimum Gasteiger partial charge on any atom is -0.495 e. The maximum absolute atomic E-state index is 12.5. The third-order valence-electron chi connectivity index (χ3n) is 5.42. The predicted octanol–water partition coefficient (Wildman–Crippen LogP) is 4.04. The van der Waals surface area contributed by atoms with E-state index in [2.05, 4.69) is 5.32 Å². The Balaban J connectivity index is 1.46. The second-order valence-corrected chi connectivity index (χ2v) is 7.82. The van der Waals surface area contributed by atoms with Crippen molar-refractivity contribution in [1.29, 1.82) is 0 Å². The quantitative estimate of drug-likeness (QED) is 0.648. The predicted molar refractivity (Wildman–Crippen MR) is 118 cm³/mol. The van der Waals surface area contributed by atoms with Crippen molar-refractivity contribution in [3.63, 3.8) is 0 Å². The van der Waals surface area contributed by atoms with E-state index in [1.54, 1.807) is 32.3 Å². The van der Waals surface area contributed by atoms with Gasteiger partial charge in [-0.1, -0.05) is 0 Å². The number of benzene rings is 2. The molecule has 1 aliphatic carbocycles. The first kappa shape index (κ1) is 20.8. The maximum Gasteiger partial charge on any atom is 0.262 e. The Bertz CT molecular complexity index is 1130. The van der Waals surface area contributed by atoms with E-state index in [-0.39, 0.29) is 18.4 Å². The molecule has 162 valence electrons. The molecule has 0 aliphatic heterocycles. The van der Waals surface area contributed by atoms with Crippen LogP contribution in [0.25, 0.3) is 11.0 Å². The van der Waals surface area contributed by atoms with E-state index in [0.29, 0.717) is 22.7 Å². The van der Waals surface area contributed by atoms with Gasteiger partial charge in [-0.25, -0.2) is 0 Å². The molecule has 0 saturated heterocycles. The highest BCUT2D eigenvalue weighted by Crippen LogP contribution is 2.34. The molecule has 0 unspecified atom stereocenters. The van der Waals surface area contributed by atoms with Gasteiger partial charge in [0.1, 0.15) is 22.8 Å². The topological polar surface area (TPSA) is 81.0 Å². The first-order valence-electron chi connectivity index (χ1n) is 10.3. The van der Waals surface area contributed by atoms with Gasteiger partial charge < -0.3 is 24.1 Å². The molecular formula is C24H26N2O5. The van der Waals surface area contributed by atoms with Gasteiger partial charge in [-0.05, 0) is 55.7 Å². The number of hydrogen-bond donors (Lipinski definition) is 1. The molecule has 0 fully saturated rings. The van der Waals surface area contributed by atoms with Gasteiger partial charge in [-0.15, -0.1) is 0 Å². The number of furan rings is 1. The van der Waals surface area contributed by atoms with E-state index in [1.807, 2.05) is 18.2 Å². The number of carbonyl (C=O) groups is 2. The van der Waals surface area contributed by atoms with Crippen LogP contribution in [0.1, 0.15) is 34.5 Å². The highest BCUT2D eigenvalue weighted by molar-refractivity contribution is 5.98. The van der Waals surface area contributed by atoms with Crippen LogP contribution in [-0.4, -0.2) is 44.5 Å². The SMILES string of the molecule is COc1ccc(C(=O)N(C)C)cc1NC(=O)COc1ccc2oc3c(c2c1)CCCC3. The van der Waals surface area contributed by atoms with Crippen molar-refractivity contribution >= 4 is 28.5 Å². The smallest absolute Gasteiger partial charge is 0.262 e. The minimum atomic E-state index is -0.345. The Morgan fingerprint density at radius 2 is 1.90 bits per heavy atom. The van der Waals surface area contributed by atoms with Crippen LogP contribution >= 0.6 is 0 Å². The molecule has 4 rings (SSSR count). The fourth-order valence-corrected chi connectivity index (χ4v) is 3.86. The Hall–Kier alpha value is -3.48. The average molecular weight is 422 g/mol. The van der Waals surface area contributed by atoms with Crippen LogP contribution in [-0.2, 0) is 17.6 Å². The zero-order valence-electron chi connectivity index (χ0n) is 18.0. The summed E-state index contributed by atoms with van der Waals surface area (Å²) in [5.74, 6) is 1.64. The Morgan fingerprint density at radius 1 is 1.10 bits per heavy atom. The minimum absolute atomic E-state index is 0.161. The van der Waals surface area contributed by atoms with E-state index >= 15 is 0 Å². The third kappa shape index (κ3) is 4.35. The second kappa shape index (κ2) is 8.71. The van der Waals surface area contributed by atoms with E-state index < -0.39 is 0 Å². The van der Waals surface area contributed by atoms with Gasteiger partial charge in [0.15, 0.2) is 6.61 Å². The highest BCUT2D eigenvalue weighted by atomic mass is 16.5. The number of fused-ring (bicyclic) bond motifs is 3. The molecule has 0 spiro atoms. The lowest BCUT2D eigenvalue weighted by Gasteiger charge is -2.14. The summed E-state index contributed by atoms with van der Waals surface area (Å²) in [6.45, 7) is -0.166. The molecule has 2 aromatic carbocycles. The molecule has 1 aliphatic rings. The number of nitrogens with one attached hydrogen (secondary N) is 1. The summed E-state index contributed by atoms with van der Waals surface area (Å²) in [6.07, 6.45) is 4.29. The monoisotopic (exact) mass is 422 g/mol. The van der Waals surface area contributed by atoms with Crippen LogP contribution in [0.5, 0.6) is 11.5 Å². The fourth-order valence-electron chi connectivity index (χ4n) is 3.86. The zero-order chi connectivity index (χ0) is 22.0. The number of rotatable bonds is 6. The molecule has 0 radical (unpaired) electrons. The van der Waals surface area contributed by atoms with Crippen LogP contribution in [0.2, 0.25) is 0 Å². The summed E-state index contributed by atoms with van der Waals surface area (Å²) >= 11 is 0. The molecule has 0 saturated carbocycles. The van der Waals surface area contributed by atoms with Gasteiger partial charge in [-0.3, -0.25) is 9.59 Å². The van der Waals surface area contributed by atoms with E-state index in [9.17, 15) is 9.59 Å². The Morgan fingerprint density at radius 3 is 2.68 bits per heavy atom. The average Bonchev–Trinajstić information content (AvgIpc) is 3.15. The lowest BCUT2D eigenvalue weighted by Crippen LogP contribution is -2.23. The summed E-state index contributed by atoms with van der Waals surface area (Å²) in [6, 6.07) is 10.6. The number of aryl methyl sites for hydroxylation is 2. The van der Waals surface area contributed by atoms with Crippen molar-refractivity contribution in [3.8, 4) is 11.5 Å². The zero-order valence-corrected chi connectivity index (χ0v) is 18.0. The standard InChI is InChI=1S/C24H26N2O5/c1-26(2)24(28)15-8-10-22(29-3)19(12-15)25-23(27)14-30-16-9-11-21-18(13-16)17-6-4-5-7-20(17)31-21/h8-13H,4-7,14H2,1-3H3,(H,25,27). The molecule has 1 N–H and O–H groups in total. The lowest BCUT2D eigenvalue weighted by molar-refractivity contribution is -0.118. The van der Waals surface area contributed by atoms with Gasteiger partial charge in [0.05, 0.1) is 12.8 Å². The number of anilines is 1. The number of nitrogens with zero attached hydrogens (tertiary/aromatic N) is 1. The van der Waals surface area contributed by atoms with Gasteiger partial charge in [0, 0.05) is 37.0 Å². The van der Waals surface area contributed by atoms with Gasteiger partial charge in [-0.2, -0.15) is 0 Å².